The van der Waals surface area contributed by atoms with Crippen molar-refractivity contribution in [2.24, 2.45) is 11.7 Å². The maximum atomic E-state index is 17.2. The van der Waals surface area contributed by atoms with Crippen LogP contribution in [0.15, 0.2) is 115 Å². The third-order valence-corrected chi connectivity index (χ3v) is 25.8. The number of carbonyl (C=O) groups excluding carboxylic acids is 9. The van der Waals surface area contributed by atoms with Gasteiger partial charge in [0.05, 0.1) is 43.1 Å². The summed E-state index contributed by atoms with van der Waals surface area (Å²) in [5, 5.41) is 184. The molecule has 752 valence electrons. The largest absolute Gasteiger partial charge is 0.508 e. The molecule has 0 aromatic heterocycles. The number of amides is 9. The van der Waals surface area contributed by atoms with Crippen LogP contribution in [0.5, 0.6) is 69.0 Å². The molecule has 0 radical (unpaired) electrons. The number of phenolic OH excluding ortho intramolecular Hbond substituents is 4. The highest BCUT2D eigenvalue weighted by atomic mass is 35.5. The zero-order valence-corrected chi connectivity index (χ0v) is 76.9. The first-order valence-corrected chi connectivity index (χ1v) is 46.1. The minimum atomic E-state index is -2.53. The van der Waals surface area contributed by atoms with Crippen molar-refractivity contribution in [1.82, 2.24) is 52.8 Å². The monoisotopic (exact) mass is 1990 g/mol. The van der Waals surface area contributed by atoms with Crippen LogP contribution in [0.4, 0.5) is 0 Å². The fraction of sp³-hybridized carbons (Fsp3) is 0.457. The first kappa shape index (κ1) is 102. The SMILES string of the molecule is CC(=O)N[C@@H]1[C@H](O[C@@H]2c3ccc(c(Cl)c3)Oc3cc4cc(c3O[C@@H]3O[C@@H](CO)[C@@H](O)[C@H](O)[C@@H]3NC(=O)CCCCCCC(C)C)Oc3ccc(cc3Cl)C[C@H]3NC(=O)[C@H](N)c5ccc(O)c(c5)Oc5cc(O)cc(c5)[C@H](NC3=O)C(=O)N[C@H]4C(=O)N[C@H]3C(=O)N[C@@H]2C(=O)N[C@H](C(=O)NCCN2CCOCC2)c2cc(O)cc(O[C@H]4O[C@H](CO)[C@@H](O)[C@@H](O)[C@@H]4O)c2-c2cc3ccc2O)O[C@@H](CO)[C@@H](O)[C@@H]1O. The molecule has 0 saturated carbocycles. The van der Waals surface area contributed by atoms with E-state index in [0.29, 0.717) is 45.1 Å². The lowest BCUT2D eigenvalue weighted by Gasteiger charge is -2.44. The molecule has 4 fully saturated rings. The van der Waals surface area contributed by atoms with Crippen LogP contribution in [0.2, 0.25) is 10.0 Å². The van der Waals surface area contributed by atoms with E-state index in [-0.39, 0.29) is 64.0 Å². The molecule has 25 N–H and O–H groups in total. The molecule has 7 aromatic carbocycles. The molecule has 17 bridgehead atoms. The molecule has 44 nitrogen and oxygen atoms in total. The van der Waals surface area contributed by atoms with Gasteiger partial charge in [0.25, 0.3) is 0 Å². The van der Waals surface area contributed by atoms with E-state index in [1.165, 1.54) is 30.3 Å². The van der Waals surface area contributed by atoms with E-state index >= 15 is 28.8 Å². The molecule has 17 rings (SSSR count). The van der Waals surface area contributed by atoms with Crippen molar-refractivity contribution in [3.8, 4) is 80.1 Å². The summed E-state index contributed by atoms with van der Waals surface area (Å²) in [6, 6.07) is 1.91. The summed E-state index contributed by atoms with van der Waals surface area (Å²) in [6.07, 6.45) is -25.7. The Morgan fingerprint density at radius 3 is 1.74 bits per heavy atom. The molecule has 7 aromatic rings. The number of ether oxygens (including phenoxy) is 10. The average molecular weight is 1990 g/mol. The van der Waals surface area contributed by atoms with Crippen molar-refractivity contribution < 1.29 is 162 Å². The minimum absolute atomic E-state index is 0.0326. The number of fused-ring (bicyclic) bond motifs is 14. The Labute approximate surface area is 808 Å². The number of aromatic hydroxyl groups is 4. The van der Waals surface area contributed by atoms with Crippen LogP contribution >= 0.6 is 23.2 Å². The fourth-order valence-corrected chi connectivity index (χ4v) is 18.2. The van der Waals surface area contributed by atoms with Crippen molar-refractivity contribution in [1.29, 1.82) is 0 Å². The predicted octanol–water partition coefficient (Wildman–Crippen LogP) is 0.383. The van der Waals surface area contributed by atoms with Gasteiger partial charge in [0.1, 0.15) is 162 Å². The van der Waals surface area contributed by atoms with Gasteiger partial charge < -0.3 is 172 Å². The molecule has 10 aliphatic rings. The van der Waals surface area contributed by atoms with E-state index in [4.69, 9.17) is 76.3 Å². The van der Waals surface area contributed by atoms with E-state index in [0.717, 1.165) is 111 Å². The summed E-state index contributed by atoms with van der Waals surface area (Å²) in [5.74, 6) is -17.6. The number of phenols is 4. The lowest BCUT2D eigenvalue weighted by molar-refractivity contribution is -0.284. The molecule has 0 aliphatic carbocycles. The Morgan fingerprint density at radius 2 is 1.09 bits per heavy atom. The molecule has 9 amide bonds. The van der Waals surface area contributed by atoms with Crippen molar-refractivity contribution in [2.45, 2.75) is 206 Å². The van der Waals surface area contributed by atoms with E-state index in [1.54, 1.807) is 0 Å². The van der Waals surface area contributed by atoms with Crippen LogP contribution in [0, 0.1) is 5.92 Å². The van der Waals surface area contributed by atoms with Gasteiger partial charge in [-0.15, -0.1) is 0 Å². The van der Waals surface area contributed by atoms with Crippen molar-refractivity contribution in [2.75, 3.05) is 59.2 Å². The highest BCUT2D eigenvalue weighted by Gasteiger charge is 2.53. The Kier molecular flexibility index (Phi) is 32.4. The van der Waals surface area contributed by atoms with Crippen LogP contribution in [-0.4, -0.2) is 293 Å². The Hall–Kier alpha value is -12.1. The van der Waals surface area contributed by atoms with Crippen molar-refractivity contribution in [3.63, 3.8) is 0 Å². The number of benzene rings is 7. The first-order valence-electron chi connectivity index (χ1n) is 45.4. The number of rotatable bonds is 22. The summed E-state index contributed by atoms with van der Waals surface area (Å²) >= 11 is 14.9. The highest BCUT2D eigenvalue weighted by molar-refractivity contribution is 6.32. The van der Waals surface area contributed by atoms with Crippen LogP contribution in [0.1, 0.15) is 135 Å². The van der Waals surface area contributed by atoms with Crippen LogP contribution in [0.3, 0.4) is 0 Å². The summed E-state index contributed by atoms with van der Waals surface area (Å²) in [4.78, 5) is 143. The second kappa shape index (κ2) is 44.4. The van der Waals surface area contributed by atoms with Gasteiger partial charge in [0.2, 0.25) is 71.5 Å². The molecule has 23 atom stereocenters. The zero-order chi connectivity index (χ0) is 100. The summed E-state index contributed by atoms with van der Waals surface area (Å²) in [7, 11) is 0. The lowest BCUT2D eigenvalue weighted by Crippen LogP contribution is -2.65. The Balaban J connectivity index is 0.992. The Morgan fingerprint density at radius 1 is 0.521 bits per heavy atom. The number of hydrogen-bond acceptors (Lipinski definition) is 35. The highest BCUT2D eigenvalue weighted by Crippen LogP contribution is 2.51. The third-order valence-electron chi connectivity index (χ3n) is 25.2. The van der Waals surface area contributed by atoms with E-state index in [9.17, 15) is 85.9 Å². The number of aliphatic hydroxyl groups is 10. The van der Waals surface area contributed by atoms with E-state index in [2.05, 4.69) is 61.7 Å². The van der Waals surface area contributed by atoms with Crippen LogP contribution in [0.25, 0.3) is 11.1 Å². The molecule has 4 saturated heterocycles. The van der Waals surface area contributed by atoms with Crippen molar-refractivity contribution >= 4 is 76.4 Å². The van der Waals surface area contributed by atoms with E-state index < -0.39 is 304 Å². The van der Waals surface area contributed by atoms with Gasteiger partial charge in [0, 0.05) is 69.2 Å². The van der Waals surface area contributed by atoms with Gasteiger partial charge in [-0.05, 0) is 130 Å². The van der Waals surface area contributed by atoms with Gasteiger partial charge in [0.15, 0.2) is 29.3 Å². The third kappa shape index (κ3) is 22.9. The number of morpholine rings is 1. The number of unbranched alkanes of at least 4 members (excludes halogenated alkanes) is 3. The van der Waals surface area contributed by atoms with E-state index in [1.807, 2.05) is 4.90 Å². The Bertz CT molecular complexity index is 5780. The van der Waals surface area contributed by atoms with Gasteiger partial charge in [-0.2, -0.15) is 0 Å². The molecule has 140 heavy (non-hydrogen) atoms. The molecule has 0 unspecified atom stereocenters. The van der Waals surface area contributed by atoms with Gasteiger partial charge in [-0.3, -0.25) is 48.1 Å². The quantitative estimate of drug-likeness (QED) is 0.0408. The minimum Gasteiger partial charge on any atom is -0.508 e. The number of nitrogens with one attached hydrogen (secondary N) is 9. The lowest BCUT2D eigenvalue weighted by atomic mass is 9.89. The molecule has 10 heterocycles. The summed E-state index contributed by atoms with van der Waals surface area (Å²) in [5.41, 5.74) is 3.41. The molecule has 10 aliphatic heterocycles. The second-order valence-electron chi connectivity index (χ2n) is 35.6. The number of carbonyl (C=O) groups is 9. The number of halogens is 2. The predicted molar refractivity (Wildman–Crippen MR) is 486 cm³/mol. The number of hydrogen-bond donors (Lipinski definition) is 24. The van der Waals surface area contributed by atoms with Gasteiger partial charge in [-0.1, -0.05) is 87.0 Å². The number of aliphatic hydroxyl groups excluding tert-OH is 10. The smallest absolute Gasteiger partial charge is 0.248 e. The molecule has 0 spiro atoms. The molecular formula is C94H109Cl2N11O33. The van der Waals surface area contributed by atoms with Gasteiger partial charge in [-0.25, -0.2) is 0 Å². The fourth-order valence-electron chi connectivity index (χ4n) is 17.7. The van der Waals surface area contributed by atoms with Gasteiger partial charge >= 0.3 is 0 Å². The number of nitrogens with two attached hydrogens (primary N) is 1. The summed E-state index contributed by atoms with van der Waals surface area (Å²) in [6.45, 7) is 3.37. The van der Waals surface area contributed by atoms with Crippen LogP contribution < -0.4 is 77.3 Å². The molecular weight excluding hydrogens is 1880 g/mol. The normalized spacial score (nSPS) is 28.7. The average Bonchev–Trinajstić information content (AvgIpc) is 0.753. The van der Waals surface area contributed by atoms with Crippen molar-refractivity contribution in [3.05, 3.63) is 164 Å². The van der Waals surface area contributed by atoms with Crippen LogP contribution in [-0.2, 0) is 73.3 Å². The standard InChI is InChI=1S/C94H109Cl2N11O33/c1-39(2)8-6-4-5-7-9-66(116)101-74-80(121)77(118)64(37-109)137-93(74)140-84-61-31-46-32-62(84)134-58-17-13-44(29-53(58)96)83(139-92-73(99-40(3)111)79(120)76(117)63(36-108)136-92)75-91(130)105-72(87(126)98-18-19-107-20-22-131-23-21-107)51-34-48(113)35-60(135-94-82(123)81(122)78(119)65(38-110)138-94)67(51)50-28-43(12-14-55(50)114)69(88(127)106-75)103-90(129)71(46)104-89(128)70-45-26-47(112)33-49(27-45)132-59-30-42(11-15-56(59)115)68(97)86(125)100-54(85(124)102-70)25-41-10-16-57(133-61)52(95)24-41/h10-17,24,26-35,39,54,63-65,68-83,92-94,108-110,112-115,117-123H,4-9,18-23,25,36-38,97H2,1-3H3,(H,98,126)(H,99,111)(H,100,125)(H,101,116)(H,102,124)(H,103,129)(H,104,128)(H,105,130)(H,106,127)/t54-,63+,64+,65-,68-,69-,70+,71-,72+,73+,74+,75+,76-,77-,78-,79-,80-,81-,82+,83-,92+,93+,94+/m1/s1. The maximum absolute atomic E-state index is 17.2. The maximum Gasteiger partial charge on any atom is 0.248 e. The first-order chi connectivity index (χ1) is 66.9. The number of nitrogens with zero attached hydrogens (tertiary/aromatic N) is 1. The molecule has 46 heteroatoms. The second-order valence-corrected chi connectivity index (χ2v) is 36.4. The topological polar surface area (TPSA) is 667 Å². The summed E-state index contributed by atoms with van der Waals surface area (Å²) < 4.78 is 63.9. The zero-order valence-electron chi connectivity index (χ0n) is 75.4.